The van der Waals surface area contributed by atoms with Crippen LogP contribution in [0.5, 0.6) is 0 Å². The van der Waals surface area contributed by atoms with Crippen LogP contribution in [0, 0.1) is 0 Å². The third-order valence-corrected chi connectivity index (χ3v) is 4.34. The molecule has 3 N–H and O–H groups in total. The van der Waals surface area contributed by atoms with Gasteiger partial charge in [-0.2, -0.15) is 5.06 Å². The Morgan fingerprint density at radius 3 is 2.78 bits per heavy atom. The molecule has 0 aliphatic carbocycles. The minimum Gasteiger partial charge on any atom is -0.479 e. The molecule has 2 bridgehead atoms. The van der Waals surface area contributed by atoms with E-state index in [2.05, 4.69) is 10.8 Å². The number of piperidine rings is 1. The van der Waals surface area contributed by atoms with E-state index in [1.807, 2.05) is 0 Å². The minimum absolute atomic E-state index is 0.217. The monoisotopic (exact) mass is 328 g/mol. The zero-order valence-corrected chi connectivity index (χ0v) is 12.6. The van der Waals surface area contributed by atoms with Crippen LogP contribution in [-0.4, -0.2) is 77.4 Å². The molecule has 3 aliphatic rings. The lowest BCUT2D eigenvalue weighted by Gasteiger charge is -2.30. The third-order valence-electron chi connectivity index (χ3n) is 4.34. The van der Waals surface area contributed by atoms with Gasteiger partial charge >= 0.3 is 12.0 Å². The smallest absolute Gasteiger partial charge is 0.345 e. The van der Waals surface area contributed by atoms with Crippen LogP contribution in [0.4, 0.5) is 4.79 Å². The fourth-order valence-corrected chi connectivity index (χ4v) is 2.97. The molecule has 0 radical (unpaired) electrons. The van der Waals surface area contributed by atoms with Crippen molar-refractivity contribution in [2.45, 2.75) is 37.4 Å². The summed E-state index contributed by atoms with van der Waals surface area (Å²) >= 11 is 0. The maximum Gasteiger partial charge on any atom is 0.345 e. The fourth-order valence-electron chi connectivity index (χ4n) is 2.97. The average molecular weight is 328 g/mol. The van der Waals surface area contributed by atoms with Crippen LogP contribution < -0.4 is 10.8 Å². The summed E-state index contributed by atoms with van der Waals surface area (Å²) in [4.78, 5) is 46.6. The zero-order chi connectivity index (χ0) is 16.4. The SMILES string of the molecule is O=C(O)CON1C(=O)N2C[C@H]1CC[C@H]2C(=O)NOC[C@H]1CCN1. The highest BCUT2D eigenvalue weighted by molar-refractivity contribution is 5.88. The van der Waals surface area contributed by atoms with Crippen LogP contribution in [0.15, 0.2) is 0 Å². The number of hydroxylamine groups is 3. The van der Waals surface area contributed by atoms with Gasteiger partial charge in [-0.3, -0.25) is 14.5 Å². The van der Waals surface area contributed by atoms with Crippen LogP contribution in [0.1, 0.15) is 19.3 Å². The van der Waals surface area contributed by atoms with E-state index in [1.165, 1.54) is 4.90 Å². The number of nitrogens with zero attached hydrogens (tertiary/aromatic N) is 2. The first-order valence-electron chi connectivity index (χ1n) is 7.66. The lowest BCUT2D eigenvalue weighted by atomic mass is 10.0. The van der Waals surface area contributed by atoms with Crippen molar-refractivity contribution in [1.82, 2.24) is 20.8 Å². The summed E-state index contributed by atoms with van der Waals surface area (Å²) in [5.74, 6) is -1.52. The van der Waals surface area contributed by atoms with Gasteiger partial charge in [0.15, 0.2) is 6.61 Å². The van der Waals surface area contributed by atoms with Crippen molar-refractivity contribution in [3.8, 4) is 0 Å². The Balaban J connectivity index is 1.50. The summed E-state index contributed by atoms with van der Waals surface area (Å²) in [6.45, 7) is 1.12. The van der Waals surface area contributed by atoms with Gasteiger partial charge in [-0.05, 0) is 25.8 Å². The van der Waals surface area contributed by atoms with Crippen molar-refractivity contribution < 1.29 is 29.2 Å². The number of carboxylic acid groups (broad SMARTS) is 1. The number of hydrogen-bond acceptors (Lipinski definition) is 6. The first kappa shape index (κ1) is 16.0. The predicted molar refractivity (Wildman–Crippen MR) is 74.8 cm³/mol. The van der Waals surface area contributed by atoms with Crippen molar-refractivity contribution in [1.29, 1.82) is 0 Å². The first-order valence-corrected chi connectivity index (χ1v) is 7.66. The Morgan fingerprint density at radius 1 is 1.35 bits per heavy atom. The van der Waals surface area contributed by atoms with E-state index in [0.717, 1.165) is 18.0 Å². The van der Waals surface area contributed by atoms with E-state index in [1.54, 1.807) is 0 Å². The molecule has 3 aliphatic heterocycles. The molecule has 3 fully saturated rings. The van der Waals surface area contributed by atoms with E-state index in [0.29, 0.717) is 26.0 Å². The molecule has 10 heteroatoms. The summed E-state index contributed by atoms with van der Waals surface area (Å²) in [5, 5.41) is 12.9. The number of amides is 3. The summed E-state index contributed by atoms with van der Waals surface area (Å²) in [5.41, 5.74) is 2.39. The van der Waals surface area contributed by atoms with E-state index in [-0.39, 0.29) is 18.0 Å². The van der Waals surface area contributed by atoms with Gasteiger partial charge in [0.2, 0.25) is 0 Å². The molecule has 0 saturated carbocycles. The van der Waals surface area contributed by atoms with E-state index < -0.39 is 24.6 Å². The summed E-state index contributed by atoms with van der Waals surface area (Å²) < 4.78 is 0. The highest BCUT2D eigenvalue weighted by Gasteiger charge is 2.48. The predicted octanol–water partition coefficient (Wildman–Crippen LogP) is -1.32. The molecule has 0 aromatic rings. The highest BCUT2D eigenvalue weighted by Crippen LogP contribution is 2.30. The third kappa shape index (κ3) is 3.38. The van der Waals surface area contributed by atoms with Gasteiger partial charge in [0.05, 0.1) is 12.6 Å². The Bertz CT molecular complexity index is 497. The Hall–Kier alpha value is -1.91. The second-order valence-corrected chi connectivity index (χ2v) is 5.89. The number of hydrogen-bond donors (Lipinski definition) is 3. The summed E-state index contributed by atoms with van der Waals surface area (Å²) in [6, 6.07) is -1.05. The number of carbonyl (C=O) groups excluding carboxylic acids is 2. The van der Waals surface area contributed by atoms with Crippen molar-refractivity contribution in [2.75, 3.05) is 26.3 Å². The Morgan fingerprint density at radius 2 is 2.13 bits per heavy atom. The molecule has 0 aromatic carbocycles. The van der Waals surface area contributed by atoms with Crippen LogP contribution in [0.2, 0.25) is 0 Å². The molecule has 3 heterocycles. The van der Waals surface area contributed by atoms with Gasteiger partial charge in [0, 0.05) is 12.6 Å². The topological polar surface area (TPSA) is 120 Å². The maximum absolute atomic E-state index is 12.3. The average Bonchev–Trinajstić information content (AvgIpc) is 2.71. The summed E-state index contributed by atoms with van der Waals surface area (Å²) in [6.07, 6.45) is 2.08. The van der Waals surface area contributed by atoms with E-state index in [4.69, 9.17) is 14.8 Å². The number of fused-ring (bicyclic) bond motifs is 2. The van der Waals surface area contributed by atoms with Crippen LogP contribution in [0.25, 0.3) is 0 Å². The molecule has 3 saturated heterocycles. The molecule has 3 atom stereocenters. The second kappa shape index (κ2) is 6.69. The number of urea groups is 1. The standard InChI is InChI=1S/C13H20N4O6/c18-11(19)7-23-17-9-1-2-10(16(5-9)13(17)21)12(20)15-22-6-8-3-4-14-8/h8-10,14H,1-7H2,(H,15,20)(H,18,19)/t8-,9-,10+/m1/s1. The summed E-state index contributed by atoms with van der Waals surface area (Å²) in [7, 11) is 0. The number of aliphatic carboxylic acids is 1. The second-order valence-electron chi connectivity index (χ2n) is 5.89. The first-order chi connectivity index (χ1) is 11.1. The molecule has 3 amide bonds. The van der Waals surface area contributed by atoms with Crippen molar-refractivity contribution in [3.05, 3.63) is 0 Å². The quantitative estimate of drug-likeness (QED) is 0.496. The van der Waals surface area contributed by atoms with Crippen molar-refractivity contribution >= 4 is 17.9 Å². The van der Waals surface area contributed by atoms with Gasteiger partial charge in [0.1, 0.15) is 6.04 Å². The van der Waals surface area contributed by atoms with Crippen molar-refractivity contribution in [3.63, 3.8) is 0 Å². The Labute approximate surface area is 132 Å². The maximum atomic E-state index is 12.3. The number of carbonyl (C=O) groups is 3. The number of rotatable bonds is 7. The molecule has 0 unspecified atom stereocenters. The molecule has 23 heavy (non-hydrogen) atoms. The molecule has 128 valence electrons. The Kier molecular flexibility index (Phi) is 4.64. The lowest BCUT2D eigenvalue weighted by molar-refractivity contribution is -0.167. The van der Waals surface area contributed by atoms with Gasteiger partial charge < -0.3 is 15.3 Å². The lowest BCUT2D eigenvalue weighted by Crippen LogP contribution is -2.51. The molecular weight excluding hydrogens is 308 g/mol. The zero-order valence-electron chi connectivity index (χ0n) is 12.6. The van der Waals surface area contributed by atoms with Crippen molar-refractivity contribution in [2.24, 2.45) is 0 Å². The molecule has 3 rings (SSSR count). The van der Waals surface area contributed by atoms with Crippen LogP contribution >= 0.6 is 0 Å². The van der Waals surface area contributed by atoms with Gasteiger partial charge in [-0.1, -0.05) is 0 Å². The molecule has 0 aromatic heterocycles. The molecule has 10 nitrogen and oxygen atoms in total. The number of nitrogens with one attached hydrogen (secondary N) is 2. The highest BCUT2D eigenvalue weighted by atomic mass is 16.7. The van der Waals surface area contributed by atoms with Crippen LogP contribution in [0.3, 0.4) is 0 Å². The van der Waals surface area contributed by atoms with E-state index >= 15 is 0 Å². The van der Waals surface area contributed by atoms with Crippen LogP contribution in [-0.2, 0) is 19.3 Å². The molecule has 0 spiro atoms. The normalized spacial score (nSPS) is 29.4. The molecular formula is C13H20N4O6. The fraction of sp³-hybridized carbons (Fsp3) is 0.769. The van der Waals surface area contributed by atoms with E-state index in [9.17, 15) is 14.4 Å². The van der Waals surface area contributed by atoms with Gasteiger partial charge in [-0.15, -0.1) is 0 Å². The minimum atomic E-state index is -1.15. The largest absolute Gasteiger partial charge is 0.479 e. The number of carboxylic acids is 1. The van der Waals surface area contributed by atoms with Gasteiger partial charge in [0.25, 0.3) is 5.91 Å². The van der Waals surface area contributed by atoms with Gasteiger partial charge in [-0.25, -0.2) is 15.1 Å².